The number of aryl methyl sites for hydroxylation is 1. The van der Waals surface area contributed by atoms with Crippen LogP contribution in [0.4, 0.5) is 5.13 Å². The van der Waals surface area contributed by atoms with Gasteiger partial charge in [0.1, 0.15) is 10.8 Å². The molecular formula is C21H20N6O2S2. The minimum atomic E-state index is -0.172. The number of nitrogens with zero attached hydrogens (tertiary/aromatic N) is 5. The van der Waals surface area contributed by atoms with Crippen LogP contribution < -0.4 is 10.1 Å². The van der Waals surface area contributed by atoms with Gasteiger partial charge in [-0.05, 0) is 30.7 Å². The average Bonchev–Trinajstić information content (AvgIpc) is 3.45. The number of benzene rings is 2. The molecule has 0 spiro atoms. The first-order valence-electron chi connectivity index (χ1n) is 9.58. The zero-order chi connectivity index (χ0) is 21.6. The Bertz CT molecular complexity index is 1180. The van der Waals surface area contributed by atoms with E-state index in [0.717, 1.165) is 28.4 Å². The molecule has 2 heterocycles. The number of hydrogen-bond acceptors (Lipinski definition) is 8. The Balaban J connectivity index is 1.58. The van der Waals surface area contributed by atoms with Crippen molar-refractivity contribution in [3.8, 4) is 22.8 Å². The van der Waals surface area contributed by atoms with Crippen molar-refractivity contribution in [2.24, 2.45) is 0 Å². The van der Waals surface area contributed by atoms with Crippen LogP contribution in [0.2, 0.25) is 0 Å². The van der Waals surface area contributed by atoms with E-state index in [1.807, 2.05) is 66.1 Å². The van der Waals surface area contributed by atoms with Crippen molar-refractivity contribution >= 4 is 34.1 Å². The second-order valence-corrected chi connectivity index (χ2v) is 8.41. The molecule has 31 heavy (non-hydrogen) atoms. The Labute approximate surface area is 187 Å². The summed E-state index contributed by atoms with van der Waals surface area (Å²) in [7, 11) is 1.63. The molecule has 10 heteroatoms. The largest absolute Gasteiger partial charge is 0.497 e. The van der Waals surface area contributed by atoms with E-state index in [2.05, 4.69) is 25.7 Å². The predicted octanol–water partition coefficient (Wildman–Crippen LogP) is 4.09. The van der Waals surface area contributed by atoms with Crippen molar-refractivity contribution in [2.75, 3.05) is 18.2 Å². The Kier molecular flexibility index (Phi) is 6.58. The van der Waals surface area contributed by atoms with Crippen molar-refractivity contribution in [3.05, 3.63) is 59.6 Å². The van der Waals surface area contributed by atoms with Gasteiger partial charge in [0.2, 0.25) is 11.0 Å². The first-order chi connectivity index (χ1) is 15.2. The SMILES string of the molecule is CCc1nnc(NC(=O)CSc2nnc(-c3cccc(OC)c3)n2-c2ccccc2)s1. The highest BCUT2D eigenvalue weighted by molar-refractivity contribution is 7.99. The number of thioether (sulfide) groups is 1. The fourth-order valence-electron chi connectivity index (χ4n) is 2.85. The molecule has 8 nitrogen and oxygen atoms in total. The number of methoxy groups -OCH3 is 1. The number of para-hydroxylation sites is 1. The van der Waals surface area contributed by atoms with E-state index in [1.165, 1.54) is 23.1 Å². The molecule has 0 aliphatic rings. The lowest BCUT2D eigenvalue weighted by Crippen LogP contribution is -2.14. The normalized spacial score (nSPS) is 10.8. The lowest BCUT2D eigenvalue weighted by molar-refractivity contribution is -0.113. The van der Waals surface area contributed by atoms with E-state index >= 15 is 0 Å². The molecule has 0 radical (unpaired) electrons. The molecular weight excluding hydrogens is 432 g/mol. The maximum atomic E-state index is 12.4. The van der Waals surface area contributed by atoms with Gasteiger partial charge in [-0.1, -0.05) is 60.4 Å². The molecule has 0 aliphatic carbocycles. The van der Waals surface area contributed by atoms with Gasteiger partial charge in [-0.2, -0.15) is 0 Å². The van der Waals surface area contributed by atoms with Gasteiger partial charge in [-0.15, -0.1) is 20.4 Å². The van der Waals surface area contributed by atoms with Crippen LogP contribution in [-0.4, -0.2) is 43.7 Å². The van der Waals surface area contributed by atoms with Crippen LogP contribution in [0.3, 0.4) is 0 Å². The average molecular weight is 453 g/mol. The van der Waals surface area contributed by atoms with E-state index in [-0.39, 0.29) is 11.7 Å². The van der Waals surface area contributed by atoms with Crippen LogP contribution in [-0.2, 0) is 11.2 Å². The van der Waals surface area contributed by atoms with Crippen molar-refractivity contribution in [2.45, 2.75) is 18.5 Å². The molecule has 0 saturated heterocycles. The minimum absolute atomic E-state index is 0.171. The molecule has 0 unspecified atom stereocenters. The van der Waals surface area contributed by atoms with Crippen LogP contribution in [0, 0.1) is 0 Å². The minimum Gasteiger partial charge on any atom is -0.497 e. The number of aromatic nitrogens is 5. The summed E-state index contributed by atoms with van der Waals surface area (Å²) in [6.07, 6.45) is 0.787. The third-order valence-corrected chi connectivity index (χ3v) is 6.24. The third kappa shape index (κ3) is 4.92. The van der Waals surface area contributed by atoms with Crippen molar-refractivity contribution in [1.82, 2.24) is 25.0 Å². The monoisotopic (exact) mass is 452 g/mol. The van der Waals surface area contributed by atoms with Gasteiger partial charge in [-0.25, -0.2) is 0 Å². The second kappa shape index (κ2) is 9.71. The van der Waals surface area contributed by atoms with Gasteiger partial charge < -0.3 is 4.74 Å². The molecule has 1 amide bonds. The van der Waals surface area contributed by atoms with Crippen LogP contribution in [0.5, 0.6) is 5.75 Å². The van der Waals surface area contributed by atoms with E-state index in [1.54, 1.807) is 7.11 Å². The number of rotatable bonds is 8. The number of carbonyl (C=O) groups excluding carboxylic acids is 1. The molecule has 4 rings (SSSR count). The summed E-state index contributed by atoms with van der Waals surface area (Å²) < 4.78 is 7.29. The first kappa shape index (κ1) is 21.0. The topological polar surface area (TPSA) is 94.8 Å². The van der Waals surface area contributed by atoms with Gasteiger partial charge in [0.15, 0.2) is 11.0 Å². The number of nitrogens with one attached hydrogen (secondary N) is 1. The van der Waals surface area contributed by atoms with E-state index in [0.29, 0.717) is 16.1 Å². The van der Waals surface area contributed by atoms with E-state index in [9.17, 15) is 4.79 Å². The van der Waals surface area contributed by atoms with Crippen LogP contribution in [0.15, 0.2) is 59.8 Å². The molecule has 2 aromatic carbocycles. The predicted molar refractivity (Wildman–Crippen MR) is 122 cm³/mol. The van der Waals surface area contributed by atoms with Crippen LogP contribution in [0.25, 0.3) is 17.1 Å². The van der Waals surface area contributed by atoms with Gasteiger partial charge >= 0.3 is 0 Å². The quantitative estimate of drug-likeness (QED) is 0.402. The number of anilines is 1. The molecule has 0 bridgehead atoms. The van der Waals surface area contributed by atoms with Gasteiger partial charge in [-0.3, -0.25) is 14.7 Å². The Morgan fingerprint density at radius 2 is 1.94 bits per heavy atom. The fourth-order valence-corrected chi connectivity index (χ4v) is 4.30. The fraction of sp³-hybridized carbons (Fsp3) is 0.190. The highest BCUT2D eigenvalue weighted by Crippen LogP contribution is 2.29. The molecule has 0 saturated carbocycles. The van der Waals surface area contributed by atoms with Crippen molar-refractivity contribution in [1.29, 1.82) is 0 Å². The highest BCUT2D eigenvalue weighted by Gasteiger charge is 2.18. The number of ether oxygens (including phenoxy) is 1. The van der Waals surface area contributed by atoms with Crippen LogP contribution in [0.1, 0.15) is 11.9 Å². The smallest absolute Gasteiger partial charge is 0.236 e. The molecule has 4 aromatic rings. The summed E-state index contributed by atoms with van der Waals surface area (Å²) in [6, 6.07) is 17.5. The highest BCUT2D eigenvalue weighted by atomic mass is 32.2. The van der Waals surface area contributed by atoms with Gasteiger partial charge in [0.05, 0.1) is 12.9 Å². The molecule has 2 aromatic heterocycles. The maximum Gasteiger partial charge on any atom is 0.236 e. The second-order valence-electron chi connectivity index (χ2n) is 6.40. The van der Waals surface area contributed by atoms with E-state index in [4.69, 9.17) is 4.74 Å². The zero-order valence-electron chi connectivity index (χ0n) is 17.0. The number of carbonyl (C=O) groups is 1. The number of amides is 1. The summed E-state index contributed by atoms with van der Waals surface area (Å²) in [5, 5.41) is 21.6. The van der Waals surface area contributed by atoms with E-state index < -0.39 is 0 Å². The lowest BCUT2D eigenvalue weighted by atomic mass is 10.2. The number of hydrogen-bond donors (Lipinski definition) is 1. The Hall–Kier alpha value is -3.24. The molecule has 0 atom stereocenters. The third-order valence-electron chi connectivity index (χ3n) is 4.32. The Morgan fingerprint density at radius 3 is 2.68 bits per heavy atom. The molecule has 158 valence electrons. The maximum absolute atomic E-state index is 12.4. The van der Waals surface area contributed by atoms with Gasteiger partial charge in [0.25, 0.3) is 0 Å². The van der Waals surface area contributed by atoms with Crippen molar-refractivity contribution < 1.29 is 9.53 Å². The Morgan fingerprint density at radius 1 is 1.10 bits per heavy atom. The summed E-state index contributed by atoms with van der Waals surface area (Å²) in [5.41, 5.74) is 1.78. The van der Waals surface area contributed by atoms with Crippen molar-refractivity contribution in [3.63, 3.8) is 0 Å². The molecule has 0 aliphatic heterocycles. The summed E-state index contributed by atoms with van der Waals surface area (Å²) >= 11 is 2.69. The molecule has 1 N–H and O–H groups in total. The summed E-state index contributed by atoms with van der Waals surface area (Å²) in [4.78, 5) is 12.4. The molecule has 0 fully saturated rings. The summed E-state index contributed by atoms with van der Waals surface area (Å²) in [6.45, 7) is 2.00. The first-order valence-corrected chi connectivity index (χ1v) is 11.4. The van der Waals surface area contributed by atoms with Crippen LogP contribution >= 0.6 is 23.1 Å². The lowest BCUT2D eigenvalue weighted by Gasteiger charge is -2.11. The standard InChI is InChI=1S/C21H20N6O2S2/c1-3-18-23-25-20(31-18)22-17(28)13-30-21-26-24-19(14-8-7-11-16(12-14)29-2)27(21)15-9-5-4-6-10-15/h4-12H,3,13H2,1-2H3,(H,22,25,28). The summed E-state index contributed by atoms with van der Waals surface area (Å²) in [5.74, 6) is 1.40. The zero-order valence-corrected chi connectivity index (χ0v) is 18.6. The van der Waals surface area contributed by atoms with Gasteiger partial charge in [0, 0.05) is 11.3 Å².